The zero-order valence-corrected chi connectivity index (χ0v) is 11.6. The molecule has 0 amide bonds. The van der Waals surface area contributed by atoms with Gasteiger partial charge < -0.3 is 14.0 Å². The molecule has 1 radical (unpaired) electrons. The van der Waals surface area contributed by atoms with Crippen LogP contribution in [-0.2, 0) is 8.85 Å². The summed E-state index contributed by atoms with van der Waals surface area (Å²) in [5.41, 5.74) is 0. The van der Waals surface area contributed by atoms with Crippen LogP contribution >= 0.6 is 0 Å². The van der Waals surface area contributed by atoms with E-state index in [1.165, 1.54) is 12.8 Å². The van der Waals surface area contributed by atoms with Crippen molar-refractivity contribution in [3.05, 3.63) is 24.3 Å². The molecule has 95 valence electrons. The van der Waals surface area contributed by atoms with E-state index in [9.17, 15) is 5.11 Å². The predicted molar refractivity (Wildman–Crippen MR) is 70.6 cm³/mol. The van der Waals surface area contributed by atoms with Crippen LogP contribution in [0.5, 0.6) is 5.75 Å². The predicted octanol–water partition coefficient (Wildman–Crippen LogP) is 2.33. The molecule has 0 aliphatic rings. The van der Waals surface area contributed by atoms with Crippen molar-refractivity contribution in [3.8, 4) is 5.75 Å². The van der Waals surface area contributed by atoms with E-state index in [0.717, 1.165) is 11.6 Å². The van der Waals surface area contributed by atoms with Crippen molar-refractivity contribution in [2.75, 3.05) is 13.2 Å². The molecule has 0 bridgehead atoms. The van der Waals surface area contributed by atoms with Gasteiger partial charge in [0.1, 0.15) is 5.75 Å². The fraction of sp³-hybridized carbons (Fsp3) is 0.538. The van der Waals surface area contributed by atoms with Crippen LogP contribution in [0.2, 0.25) is 0 Å². The molecule has 0 saturated carbocycles. The van der Waals surface area contributed by atoms with Gasteiger partial charge >= 0.3 is 9.28 Å². The number of phenolic OH excluding ortho intramolecular Hbond substituents is 1. The fourth-order valence-electron chi connectivity index (χ4n) is 1.49. The highest BCUT2D eigenvalue weighted by atomic mass is 28.3. The van der Waals surface area contributed by atoms with Gasteiger partial charge in [-0.25, -0.2) is 0 Å². The van der Waals surface area contributed by atoms with Crippen LogP contribution in [0.4, 0.5) is 0 Å². The summed E-state index contributed by atoms with van der Waals surface area (Å²) >= 11 is 0. The highest BCUT2D eigenvalue weighted by Crippen LogP contribution is 2.07. The van der Waals surface area contributed by atoms with Gasteiger partial charge in [0.2, 0.25) is 0 Å². The first-order valence-electron chi connectivity index (χ1n) is 6.20. The van der Waals surface area contributed by atoms with Crippen molar-refractivity contribution in [1.82, 2.24) is 0 Å². The standard InChI is InChI=1S/C13H21O3Si/c1-3-5-8-11-16-17(15-4-2)13-10-7-6-9-12(13)14/h6-7,9-10,14H,3-5,8,11H2,1-2H3. The third-order valence-electron chi connectivity index (χ3n) is 2.38. The van der Waals surface area contributed by atoms with Crippen molar-refractivity contribution in [2.24, 2.45) is 0 Å². The fourth-order valence-corrected chi connectivity index (χ4v) is 3.00. The molecule has 0 fully saturated rings. The van der Waals surface area contributed by atoms with Crippen LogP contribution in [-0.4, -0.2) is 27.6 Å². The Morgan fingerprint density at radius 1 is 1.12 bits per heavy atom. The molecule has 1 N–H and O–H groups in total. The lowest BCUT2D eigenvalue weighted by molar-refractivity contribution is 0.211. The molecule has 1 aromatic rings. The van der Waals surface area contributed by atoms with Gasteiger partial charge in [0.05, 0.1) is 0 Å². The van der Waals surface area contributed by atoms with Crippen molar-refractivity contribution >= 4 is 14.5 Å². The van der Waals surface area contributed by atoms with Crippen molar-refractivity contribution in [2.45, 2.75) is 33.1 Å². The summed E-state index contributed by atoms with van der Waals surface area (Å²) in [6, 6.07) is 7.25. The van der Waals surface area contributed by atoms with Crippen molar-refractivity contribution in [1.29, 1.82) is 0 Å². The van der Waals surface area contributed by atoms with E-state index in [1.54, 1.807) is 12.1 Å². The average Bonchev–Trinajstić information content (AvgIpc) is 2.34. The normalized spacial score (nSPS) is 11.0. The molecule has 0 atom stereocenters. The minimum absolute atomic E-state index is 0.269. The maximum absolute atomic E-state index is 9.78. The quantitative estimate of drug-likeness (QED) is 0.571. The molecule has 0 aliphatic carbocycles. The van der Waals surface area contributed by atoms with Gasteiger partial charge in [-0.2, -0.15) is 0 Å². The molecule has 17 heavy (non-hydrogen) atoms. The first kappa shape index (κ1) is 14.2. The topological polar surface area (TPSA) is 38.7 Å². The Labute approximate surface area is 105 Å². The lowest BCUT2D eigenvalue weighted by Crippen LogP contribution is -2.37. The minimum atomic E-state index is -1.53. The molecule has 0 spiro atoms. The minimum Gasteiger partial charge on any atom is -0.508 e. The lowest BCUT2D eigenvalue weighted by atomic mass is 10.3. The molecule has 0 aromatic heterocycles. The molecule has 0 heterocycles. The highest BCUT2D eigenvalue weighted by Gasteiger charge is 2.21. The number of phenols is 1. The second-order valence-corrected chi connectivity index (χ2v) is 5.48. The number of hydrogen-bond donors (Lipinski definition) is 1. The summed E-state index contributed by atoms with van der Waals surface area (Å²) in [6.45, 7) is 5.42. The largest absolute Gasteiger partial charge is 0.508 e. The second kappa shape index (κ2) is 8.28. The van der Waals surface area contributed by atoms with E-state index in [0.29, 0.717) is 13.2 Å². The first-order valence-corrected chi connectivity index (χ1v) is 7.52. The van der Waals surface area contributed by atoms with Crippen LogP contribution in [0.15, 0.2) is 24.3 Å². The van der Waals surface area contributed by atoms with Crippen LogP contribution < -0.4 is 5.19 Å². The second-order valence-electron chi connectivity index (χ2n) is 3.79. The molecule has 0 saturated heterocycles. The van der Waals surface area contributed by atoms with Gasteiger partial charge in [-0.15, -0.1) is 0 Å². The van der Waals surface area contributed by atoms with Crippen LogP contribution in [0.3, 0.4) is 0 Å². The number of benzene rings is 1. The SMILES string of the molecule is CCCCCO[Si](OCC)c1ccccc1O. The Kier molecular flexibility index (Phi) is 6.92. The van der Waals surface area contributed by atoms with E-state index in [2.05, 4.69) is 6.92 Å². The molecule has 4 heteroatoms. The molecule has 0 unspecified atom stereocenters. The van der Waals surface area contributed by atoms with Gasteiger partial charge in [0.25, 0.3) is 0 Å². The highest BCUT2D eigenvalue weighted by molar-refractivity contribution is 6.62. The Morgan fingerprint density at radius 3 is 2.53 bits per heavy atom. The Bertz CT molecular complexity index is 317. The van der Waals surface area contributed by atoms with E-state index >= 15 is 0 Å². The molecular weight excluding hydrogens is 232 g/mol. The van der Waals surface area contributed by atoms with Crippen LogP contribution in [0.1, 0.15) is 33.1 Å². The molecule has 3 nitrogen and oxygen atoms in total. The number of unbranched alkanes of at least 4 members (excludes halogenated alkanes) is 2. The van der Waals surface area contributed by atoms with Crippen LogP contribution in [0.25, 0.3) is 0 Å². The van der Waals surface area contributed by atoms with E-state index in [-0.39, 0.29) is 5.75 Å². The Morgan fingerprint density at radius 2 is 1.88 bits per heavy atom. The molecule has 1 aromatic carbocycles. The summed E-state index contributed by atoms with van der Waals surface area (Å²) in [4.78, 5) is 0. The van der Waals surface area contributed by atoms with E-state index < -0.39 is 9.28 Å². The third kappa shape index (κ3) is 4.89. The van der Waals surface area contributed by atoms with E-state index in [1.807, 2.05) is 19.1 Å². The zero-order valence-electron chi connectivity index (χ0n) is 10.6. The summed E-state index contributed by atoms with van der Waals surface area (Å²) in [7, 11) is -1.53. The third-order valence-corrected chi connectivity index (χ3v) is 4.26. The number of hydrogen-bond acceptors (Lipinski definition) is 3. The van der Waals surface area contributed by atoms with Crippen molar-refractivity contribution in [3.63, 3.8) is 0 Å². The van der Waals surface area contributed by atoms with Gasteiger partial charge in [-0.1, -0.05) is 38.0 Å². The summed E-state index contributed by atoms with van der Waals surface area (Å²) in [6.07, 6.45) is 3.39. The Hall–Kier alpha value is -0.843. The molecular formula is C13H21O3Si. The van der Waals surface area contributed by atoms with Gasteiger partial charge in [0.15, 0.2) is 0 Å². The van der Waals surface area contributed by atoms with Crippen molar-refractivity contribution < 1.29 is 14.0 Å². The lowest BCUT2D eigenvalue weighted by Gasteiger charge is -2.15. The molecule has 1 rings (SSSR count). The average molecular weight is 253 g/mol. The van der Waals surface area contributed by atoms with Gasteiger partial charge in [0, 0.05) is 18.4 Å². The smallest absolute Gasteiger partial charge is 0.427 e. The number of para-hydroxylation sites is 1. The number of aromatic hydroxyl groups is 1. The Balaban J connectivity index is 2.56. The zero-order chi connectivity index (χ0) is 12.5. The first-order chi connectivity index (χ1) is 8.29. The maximum Gasteiger partial charge on any atom is 0.427 e. The monoisotopic (exact) mass is 253 g/mol. The summed E-state index contributed by atoms with van der Waals surface area (Å²) in [5, 5.41) is 10.6. The maximum atomic E-state index is 9.78. The number of rotatable bonds is 8. The van der Waals surface area contributed by atoms with Gasteiger partial charge in [-0.3, -0.25) is 0 Å². The molecule has 0 aliphatic heterocycles. The summed E-state index contributed by atoms with van der Waals surface area (Å²) < 4.78 is 11.4. The van der Waals surface area contributed by atoms with E-state index in [4.69, 9.17) is 8.85 Å². The van der Waals surface area contributed by atoms with Gasteiger partial charge in [-0.05, 0) is 19.4 Å². The van der Waals surface area contributed by atoms with Crippen LogP contribution in [0, 0.1) is 0 Å². The summed E-state index contributed by atoms with van der Waals surface area (Å²) in [5.74, 6) is 0.269.